The molecule has 1 N–H and O–H groups in total. The summed E-state index contributed by atoms with van der Waals surface area (Å²) in [5.41, 5.74) is 2.44. The second-order valence-electron chi connectivity index (χ2n) is 7.54. The Labute approximate surface area is 200 Å². The number of amides is 1. The van der Waals surface area contributed by atoms with Crippen LogP contribution >= 0.6 is 11.8 Å². The van der Waals surface area contributed by atoms with Crippen molar-refractivity contribution in [1.82, 2.24) is 29.8 Å². The highest BCUT2D eigenvalue weighted by atomic mass is 32.2. The summed E-state index contributed by atoms with van der Waals surface area (Å²) in [5, 5.41) is 20.7. The van der Waals surface area contributed by atoms with Crippen molar-refractivity contribution in [2.24, 2.45) is 0 Å². The van der Waals surface area contributed by atoms with Crippen LogP contribution in [0.3, 0.4) is 0 Å². The third-order valence-corrected chi connectivity index (χ3v) is 6.17. The van der Waals surface area contributed by atoms with Crippen LogP contribution in [0.5, 0.6) is 11.5 Å². The van der Waals surface area contributed by atoms with E-state index < -0.39 is 0 Å². The van der Waals surface area contributed by atoms with Crippen molar-refractivity contribution >= 4 is 34.4 Å². The second-order valence-corrected chi connectivity index (χ2v) is 8.60. The number of fused-ring (bicyclic) bond motifs is 2. The Balaban J connectivity index is 1.20. The van der Waals surface area contributed by atoms with Gasteiger partial charge in [0.15, 0.2) is 22.5 Å². The van der Waals surface area contributed by atoms with E-state index in [9.17, 15) is 4.79 Å². The molecule has 10 nitrogen and oxygen atoms in total. The Morgan fingerprint density at radius 3 is 2.85 bits per heavy atom. The number of hydrogen-bond acceptors (Lipinski definition) is 8. The number of carbonyl (C=O) groups is 1. The lowest BCUT2D eigenvalue weighted by atomic mass is 10.2. The minimum atomic E-state index is -0.0896. The number of aromatic nitrogens is 6. The van der Waals surface area contributed by atoms with E-state index in [1.54, 1.807) is 29.0 Å². The summed E-state index contributed by atoms with van der Waals surface area (Å²) in [5.74, 6) is 2.55. The van der Waals surface area contributed by atoms with Crippen LogP contribution in [0.25, 0.3) is 11.0 Å². The van der Waals surface area contributed by atoms with Gasteiger partial charge in [-0.05, 0) is 24.3 Å². The molecule has 0 unspecified atom stereocenters. The molecule has 4 aromatic rings. The van der Waals surface area contributed by atoms with Crippen molar-refractivity contribution in [1.29, 1.82) is 0 Å². The summed E-state index contributed by atoms with van der Waals surface area (Å²) in [6, 6.07) is 13.2. The summed E-state index contributed by atoms with van der Waals surface area (Å²) < 4.78 is 14.9. The molecule has 1 amide bonds. The number of para-hydroxylation sites is 1. The normalized spacial score (nSPS) is 12.6. The zero-order chi connectivity index (χ0) is 23.3. The number of hydrogen-bond donors (Lipinski definition) is 1. The van der Waals surface area contributed by atoms with E-state index in [1.165, 1.54) is 11.8 Å². The molecule has 174 valence electrons. The van der Waals surface area contributed by atoms with Gasteiger partial charge in [-0.3, -0.25) is 4.79 Å². The molecule has 1 aliphatic heterocycles. The van der Waals surface area contributed by atoms with Gasteiger partial charge < -0.3 is 19.4 Å². The molecule has 0 saturated carbocycles. The van der Waals surface area contributed by atoms with Crippen molar-refractivity contribution in [2.75, 3.05) is 24.3 Å². The first-order valence-corrected chi connectivity index (χ1v) is 11.8. The average molecular weight is 478 g/mol. The Hall–Kier alpha value is -3.86. The first-order valence-electron chi connectivity index (χ1n) is 10.8. The highest BCUT2D eigenvalue weighted by molar-refractivity contribution is 7.99. The number of rotatable bonds is 9. The molecule has 0 spiro atoms. The molecule has 0 aliphatic carbocycles. The second kappa shape index (κ2) is 9.96. The molecule has 0 radical (unpaired) electrons. The minimum Gasteiger partial charge on any atom is -0.486 e. The molecule has 11 heteroatoms. The molecule has 2 aromatic carbocycles. The molecule has 2 aromatic heterocycles. The topological polar surface area (TPSA) is 109 Å². The fourth-order valence-corrected chi connectivity index (χ4v) is 4.51. The molecule has 1 aliphatic rings. The Bertz CT molecular complexity index is 1330. The van der Waals surface area contributed by atoms with Crippen molar-refractivity contribution in [3.05, 3.63) is 60.9 Å². The third-order valence-electron chi connectivity index (χ3n) is 5.20. The van der Waals surface area contributed by atoms with E-state index in [1.807, 2.05) is 28.8 Å². The quantitative estimate of drug-likeness (QED) is 0.289. The van der Waals surface area contributed by atoms with Crippen LogP contribution in [0.1, 0.15) is 12.2 Å². The van der Waals surface area contributed by atoms with Gasteiger partial charge in [0.2, 0.25) is 5.91 Å². The predicted molar refractivity (Wildman–Crippen MR) is 128 cm³/mol. The van der Waals surface area contributed by atoms with Gasteiger partial charge in [-0.1, -0.05) is 35.2 Å². The van der Waals surface area contributed by atoms with Gasteiger partial charge in [0.25, 0.3) is 0 Å². The standard InChI is InChI=1S/C23H23N7O3S/c1-2-10-29-21(15-30-18-6-4-3-5-17(18)25-28-30)26-27-23(29)34-13-9-22(31)24-16-7-8-19-20(14-16)33-12-11-32-19/h2-8,14H,1,9-13,15H2,(H,24,31). The lowest BCUT2D eigenvalue weighted by Crippen LogP contribution is -2.16. The Kier molecular flexibility index (Phi) is 6.43. The van der Waals surface area contributed by atoms with Gasteiger partial charge in [-0.15, -0.1) is 21.9 Å². The summed E-state index contributed by atoms with van der Waals surface area (Å²) in [4.78, 5) is 12.4. The zero-order valence-electron chi connectivity index (χ0n) is 18.4. The summed E-state index contributed by atoms with van der Waals surface area (Å²) in [7, 11) is 0. The van der Waals surface area contributed by atoms with Crippen LogP contribution in [0, 0.1) is 0 Å². The zero-order valence-corrected chi connectivity index (χ0v) is 19.2. The average Bonchev–Trinajstić information content (AvgIpc) is 3.44. The molecule has 3 heterocycles. The van der Waals surface area contributed by atoms with Crippen LogP contribution in [0.2, 0.25) is 0 Å². The van der Waals surface area contributed by atoms with E-state index in [-0.39, 0.29) is 5.91 Å². The largest absolute Gasteiger partial charge is 0.486 e. The Morgan fingerprint density at radius 2 is 1.97 bits per heavy atom. The number of carbonyl (C=O) groups excluding carboxylic acids is 1. The number of thioether (sulfide) groups is 1. The lowest BCUT2D eigenvalue weighted by molar-refractivity contribution is -0.115. The monoisotopic (exact) mass is 477 g/mol. The van der Waals surface area contributed by atoms with Gasteiger partial charge in [0, 0.05) is 30.5 Å². The molecular weight excluding hydrogens is 454 g/mol. The van der Waals surface area contributed by atoms with E-state index in [4.69, 9.17) is 9.47 Å². The maximum atomic E-state index is 12.4. The van der Waals surface area contributed by atoms with Crippen LogP contribution in [0.4, 0.5) is 5.69 Å². The van der Waals surface area contributed by atoms with Crippen LogP contribution in [-0.2, 0) is 17.9 Å². The first kappa shape index (κ1) is 22.0. The number of nitrogens with one attached hydrogen (secondary N) is 1. The van der Waals surface area contributed by atoms with Crippen molar-refractivity contribution in [3.8, 4) is 11.5 Å². The molecular formula is C23H23N7O3S. The maximum Gasteiger partial charge on any atom is 0.225 e. The molecule has 34 heavy (non-hydrogen) atoms. The molecule has 0 fully saturated rings. The van der Waals surface area contributed by atoms with Gasteiger partial charge in [0.05, 0.1) is 5.52 Å². The number of anilines is 1. The van der Waals surface area contributed by atoms with Gasteiger partial charge in [-0.25, -0.2) is 4.68 Å². The van der Waals surface area contributed by atoms with Crippen LogP contribution in [0.15, 0.2) is 60.3 Å². The fraction of sp³-hybridized carbons (Fsp3) is 0.261. The molecule has 0 atom stereocenters. The van der Waals surface area contributed by atoms with Crippen molar-refractivity contribution < 1.29 is 14.3 Å². The van der Waals surface area contributed by atoms with Crippen molar-refractivity contribution in [2.45, 2.75) is 24.7 Å². The van der Waals surface area contributed by atoms with E-state index in [0.29, 0.717) is 55.7 Å². The smallest absolute Gasteiger partial charge is 0.225 e. The van der Waals surface area contributed by atoms with E-state index >= 15 is 0 Å². The lowest BCUT2D eigenvalue weighted by Gasteiger charge is -2.19. The number of ether oxygens (including phenoxy) is 2. The Morgan fingerprint density at radius 1 is 1.12 bits per heavy atom. The third kappa shape index (κ3) is 4.74. The van der Waals surface area contributed by atoms with E-state index in [2.05, 4.69) is 32.4 Å². The number of benzene rings is 2. The minimum absolute atomic E-state index is 0.0896. The number of allylic oxidation sites excluding steroid dienone is 1. The molecule has 0 saturated heterocycles. The summed E-state index contributed by atoms with van der Waals surface area (Å²) in [6.45, 7) is 5.87. The highest BCUT2D eigenvalue weighted by Crippen LogP contribution is 2.32. The van der Waals surface area contributed by atoms with Crippen LogP contribution in [-0.4, -0.2) is 54.6 Å². The van der Waals surface area contributed by atoms with Gasteiger partial charge in [0.1, 0.15) is 25.3 Å². The SMILES string of the molecule is C=CCn1c(Cn2nnc3ccccc32)nnc1SCCC(=O)Nc1ccc2c(c1)OCCO2. The summed E-state index contributed by atoms with van der Waals surface area (Å²) >= 11 is 1.48. The van der Waals surface area contributed by atoms with Crippen LogP contribution < -0.4 is 14.8 Å². The molecule has 0 bridgehead atoms. The van der Waals surface area contributed by atoms with Gasteiger partial charge in [-0.2, -0.15) is 0 Å². The molecule has 5 rings (SSSR count). The van der Waals surface area contributed by atoms with E-state index in [0.717, 1.165) is 22.0 Å². The maximum absolute atomic E-state index is 12.4. The summed E-state index contributed by atoms with van der Waals surface area (Å²) in [6.07, 6.45) is 2.12. The number of nitrogens with zero attached hydrogens (tertiary/aromatic N) is 6. The van der Waals surface area contributed by atoms with Gasteiger partial charge >= 0.3 is 0 Å². The fourth-order valence-electron chi connectivity index (χ4n) is 3.60. The highest BCUT2D eigenvalue weighted by Gasteiger charge is 2.16. The first-order chi connectivity index (χ1) is 16.7. The van der Waals surface area contributed by atoms with Crippen molar-refractivity contribution in [3.63, 3.8) is 0 Å². The predicted octanol–water partition coefficient (Wildman–Crippen LogP) is 3.15.